The van der Waals surface area contributed by atoms with E-state index in [0.29, 0.717) is 12.0 Å². The number of alkyl halides is 2. The van der Waals surface area contributed by atoms with Gasteiger partial charge in [0, 0.05) is 11.6 Å². The highest BCUT2D eigenvalue weighted by Crippen LogP contribution is 2.27. The highest BCUT2D eigenvalue weighted by molar-refractivity contribution is 5.36. The van der Waals surface area contributed by atoms with Crippen LogP contribution in [0.3, 0.4) is 0 Å². The van der Waals surface area contributed by atoms with Crippen molar-refractivity contribution in [3.05, 3.63) is 65.7 Å². The van der Waals surface area contributed by atoms with Crippen LogP contribution in [0.5, 0.6) is 5.75 Å². The van der Waals surface area contributed by atoms with Gasteiger partial charge in [-0.25, -0.2) is 0 Å². The molecule has 0 heterocycles. The molecule has 100 valence electrons. The van der Waals surface area contributed by atoms with Crippen LogP contribution in [0.25, 0.3) is 0 Å². The van der Waals surface area contributed by atoms with Crippen molar-refractivity contribution in [3.63, 3.8) is 0 Å². The summed E-state index contributed by atoms with van der Waals surface area (Å²) >= 11 is 0. The summed E-state index contributed by atoms with van der Waals surface area (Å²) < 4.78 is 29.1. The first-order valence-electron chi connectivity index (χ1n) is 6.00. The molecular weight excluding hydrogens is 248 g/mol. The maximum absolute atomic E-state index is 12.3. The van der Waals surface area contributed by atoms with Crippen molar-refractivity contribution >= 4 is 0 Å². The Morgan fingerprint density at radius 3 is 2.26 bits per heavy atom. The second kappa shape index (κ2) is 6.29. The van der Waals surface area contributed by atoms with E-state index in [0.717, 1.165) is 5.56 Å². The van der Waals surface area contributed by atoms with Crippen molar-refractivity contribution in [2.24, 2.45) is 5.73 Å². The number of benzene rings is 2. The van der Waals surface area contributed by atoms with Crippen molar-refractivity contribution in [1.82, 2.24) is 0 Å². The highest BCUT2D eigenvalue weighted by atomic mass is 19.3. The molecular formula is C15H15F2NO. The van der Waals surface area contributed by atoms with Gasteiger partial charge in [0.1, 0.15) is 5.75 Å². The number of hydrogen-bond donors (Lipinski definition) is 1. The average molecular weight is 263 g/mol. The van der Waals surface area contributed by atoms with Gasteiger partial charge in [0.2, 0.25) is 0 Å². The maximum atomic E-state index is 12.3. The smallest absolute Gasteiger partial charge is 0.387 e. The van der Waals surface area contributed by atoms with E-state index in [1.54, 1.807) is 18.2 Å². The van der Waals surface area contributed by atoms with Gasteiger partial charge in [-0.1, -0.05) is 48.5 Å². The van der Waals surface area contributed by atoms with Gasteiger partial charge in [0.15, 0.2) is 0 Å². The summed E-state index contributed by atoms with van der Waals surface area (Å²) in [5.41, 5.74) is 7.73. The summed E-state index contributed by atoms with van der Waals surface area (Å²) in [6.45, 7) is -2.84. The lowest BCUT2D eigenvalue weighted by molar-refractivity contribution is -0.0506. The number of nitrogens with two attached hydrogens (primary N) is 1. The van der Waals surface area contributed by atoms with Crippen molar-refractivity contribution in [2.45, 2.75) is 19.1 Å². The molecule has 19 heavy (non-hydrogen) atoms. The van der Waals surface area contributed by atoms with Crippen molar-refractivity contribution in [1.29, 1.82) is 0 Å². The van der Waals surface area contributed by atoms with Crippen LogP contribution in [0.4, 0.5) is 8.78 Å². The number of halogens is 2. The summed E-state index contributed by atoms with van der Waals surface area (Å²) in [6.07, 6.45) is 0.574. The molecule has 0 bridgehead atoms. The van der Waals surface area contributed by atoms with Crippen LogP contribution in [0.15, 0.2) is 54.6 Å². The molecule has 0 aliphatic rings. The highest BCUT2D eigenvalue weighted by Gasteiger charge is 2.15. The van der Waals surface area contributed by atoms with E-state index in [-0.39, 0.29) is 11.8 Å². The molecule has 2 aromatic rings. The zero-order valence-corrected chi connectivity index (χ0v) is 10.3. The maximum Gasteiger partial charge on any atom is 0.387 e. The fourth-order valence-electron chi connectivity index (χ4n) is 1.97. The van der Waals surface area contributed by atoms with Crippen LogP contribution in [0.1, 0.15) is 17.2 Å². The summed E-state index contributed by atoms with van der Waals surface area (Å²) in [5, 5.41) is 0. The van der Waals surface area contributed by atoms with Gasteiger partial charge in [0.05, 0.1) is 0 Å². The minimum atomic E-state index is -2.84. The normalized spacial score (nSPS) is 12.4. The SMILES string of the molecule is NC(Cc1ccccc1)c1ccccc1OC(F)F. The molecule has 0 fully saturated rings. The average Bonchev–Trinajstić information content (AvgIpc) is 2.39. The van der Waals surface area contributed by atoms with Crippen molar-refractivity contribution in [3.8, 4) is 5.75 Å². The molecule has 2 aromatic carbocycles. The minimum absolute atomic E-state index is 0.140. The monoisotopic (exact) mass is 263 g/mol. The zero-order chi connectivity index (χ0) is 13.7. The molecule has 2 N–H and O–H groups in total. The number of para-hydroxylation sites is 1. The van der Waals surface area contributed by atoms with Crippen molar-refractivity contribution in [2.75, 3.05) is 0 Å². The first kappa shape index (κ1) is 13.5. The van der Waals surface area contributed by atoms with Crippen molar-refractivity contribution < 1.29 is 13.5 Å². The molecule has 2 rings (SSSR count). The largest absolute Gasteiger partial charge is 0.434 e. The molecule has 2 nitrogen and oxygen atoms in total. The Morgan fingerprint density at radius 1 is 0.947 bits per heavy atom. The Balaban J connectivity index is 2.16. The third-order valence-electron chi connectivity index (χ3n) is 2.83. The summed E-state index contributed by atoms with van der Waals surface area (Å²) in [7, 11) is 0. The van der Waals surface area contributed by atoms with Crippen LogP contribution in [-0.2, 0) is 6.42 Å². The van der Waals surface area contributed by atoms with Gasteiger partial charge in [0.25, 0.3) is 0 Å². The summed E-state index contributed by atoms with van der Waals surface area (Å²) in [5.74, 6) is 0.140. The van der Waals surface area contributed by atoms with Crippen LogP contribution >= 0.6 is 0 Å². The van der Waals surface area contributed by atoms with E-state index in [1.807, 2.05) is 30.3 Å². The van der Waals surface area contributed by atoms with Gasteiger partial charge < -0.3 is 10.5 Å². The lowest BCUT2D eigenvalue weighted by Crippen LogP contribution is -2.15. The van der Waals surface area contributed by atoms with Gasteiger partial charge in [-0.15, -0.1) is 0 Å². The zero-order valence-electron chi connectivity index (χ0n) is 10.3. The van der Waals surface area contributed by atoms with E-state index in [2.05, 4.69) is 4.74 Å². The number of ether oxygens (including phenoxy) is 1. The van der Waals surface area contributed by atoms with Gasteiger partial charge in [-0.2, -0.15) is 8.78 Å². The first-order chi connectivity index (χ1) is 9.16. The molecule has 0 saturated carbocycles. The van der Waals surface area contributed by atoms with Crippen LogP contribution in [0, 0.1) is 0 Å². The molecule has 1 atom stereocenters. The Bertz CT molecular complexity index is 517. The standard InChI is InChI=1S/C15H15F2NO/c16-15(17)19-14-9-5-4-8-12(14)13(18)10-11-6-2-1-3-7-11/h1-9,13,15H,10,18H2. The molecule has 0 aliphatic heterocycles. The molecule has 4 heteroatoms. The Kier molecular flexibility index (Phi) is 4.47. The van der Waals surface area contributed by atoms with Crippen LogP contribution < -0.4 is 10.5 Å². The van der Waals surface area contributed by atoms with E-state index in [9.17, 15) is 8.78 Å². The fourth-order valence-corrected chi connectivity index (χ4v) is 1.97. The van der Waals surface area contributed by atoms with Gasteiger partial charge in [-0.3, -0.25) is 0 Å². The van der Waals surface area contributed by atoms with Gasteiger partial charge >= 0.3 is 6.61 Å². The van der Waals surface area contributed by atoms with E-state index in [4.69, 9.17) is 5.73 Å². The third kappa shape index (κ3) is 3.76. The molecule has 0 radical (unpaired) electrons. The van der Waals surface area contributed by atoms with Gasteiger partial charge in [-0.05, 0) is 18.1 Å². The van der Waals surface area contributed by atoms with E-state index >= 15 is 0 Å². The minimum Gasteiger partial charge on any atom is -0.434 e. The lowest BCUT2D eigenvalue weighted by Gasteiger charge is -2.16. The summed E-state index contributed by atoms with van der Waals surface area (Å²) in [6, 6.07) is 15.9. The Morgan fingerprint density at radius 2 is 1.58 bits per heavy atom. The number of rotatable bonds is 5. The second-order valence-electron chi connectivity index (χ2n) is 4.21. The fraction of sp³-hybridized carbons (Fsp3) is 0.200. The predicted molar refractivity (Wildman–Crippen MR) is 70.1 cm³/mol. The topological polar surface area (TPSA) is 35.2 Å². The molecule has 0 amide bonds. The number of hydrogen-bond acceptors (Lipinski definition) is 2. The quantitative estimate of drug-likeness (QED) is 0.895. The van der Waals surface area contributed by atoms with E-state index < -0.39 is 6.61 Å². The van der Waals surface area contributed by atoms with E-state index in [1.165, 1.54) is 6.07 Å². The summed E-state index contributed by atoms with van der Waals surface area (Å²) in [4.78, 5) is 0. The van der Waals surface area contributed by atoms with Crippen LogP contribution in [0.2, 0.25) is 0 Å². The first-order valence-corrected chi connectivity index (χ1v) is 6.00. The lowest BCUT2D eigenvalue weighted by atomic mass is 9.99. The Hall–Kier alpha value is -1.94. The third-order valence-corrected chi connectivity index (χ3v) is 2.83. The molecule has 1 unspecified atom stereocenters. The molecule has 0 saturated heterocycles. The molecule has 0 aliphatic carbocycles. The second-order valence-corrected chi connectivity index (χ2v) is 4.21. The molecule has 0 spiro atoms. The Labute approximate surface area is 110 Å². The van der Waals surface area contributed by atoms with Crippen LogP contribution in [-0.4, -0.2) is 6.61 Å². The predicted octanol–water partition coefficient (Wildman–Crippen LogP) is 3.53. The molecule has 0 aromatic heterocycles.